The molecule has 1 heteroatoms. The quantitative estimate of drug-likeness (QED) is 0.670. The van der Waals surface area contributed by atoms with E-state index in [2.05, 4.69) is 25.1 Å². The highest BCUT2D eigenvalue weighted by Gasteiger charge is 2.16. The summed E-state index contributed by atoms with van der Waals surface area (Å²) in [5.74, 6) is 0. The molecular weight excluding hydrogens is 172 g/mol. The predicted octanol–water partition coefficient (Wildman–Crippen LogP) is 2.87. The molecule has 1 nitrogen and oxygen atoms in total. The van der Waals surface area contributed by atoms with E-state index in [0.29, 0.717) is 0 Å². The summed E-state index contributed by atoms with van der Waals surface area (Å²) in [5.41, 5.74) is 4.13. The van der Waals surface area contributed by atoms with Crippen molar-refractivity contribution in [2.24, 2.45) is 0 Å². The summed E-state index contributed by atoms with van der Waals surface area (Å²) in [6.07, 6.45) is 2.70. The number of aliphatic hydroxyl groups is 1. The second-order valence-electron chi connectivity index (χ2n) is 3.61. The van der Waals surface area contributed by atoms with E-state index in [0.717, 1.165) is 19.3 Å². The van der Waals surface area contributed by atoms with Gasteiger partial charge in [0.05, 0.1) is 6.10 Å². The van der Waals surface area contributed by atoms with Crippen molar-refractivity contribution >= 4 is 0 Å². The van der Waals surface area contributed by atoms with E-state index in [1.54, 1.807) is 0 Å². The van der Waals surface area contributed by atoms with Crippen LogP contribution in [0.4, 0.5) is 0 Å². The van der Waals surface area contributed by atoms with Crippen molar-refractivity contribution in [3.63, 3.8) is 0 Å². The average Bonchev–Trinajstić information content (AvgIpc) is 2.22. The minimum Gasteiger partial charge on any atom is -0.393 e. The first-order chi connectivity index (χ1) is 6.77. The third kappa shape index (κ3) is 2.36. The number of hydrogen-bond acceptors (Lipinski definition) is 1. The smallest absolute Gasteiger partial charge is 0.0583 e. The van der Waals surface area contributed by atoms with Crippen LogP contribution in [-0.4, -0.2) is 11.2 Å². The normalized spacial score (nSPS) is 19.3. The molecule has 0 aliphatic heterocycles. The van der Waals surface area contributed by atoms with Crippen LogP contribution in [0.15, 0.2) is 18.2 Å². The first-order valence-corrected chi connectivity index (χ1v) is 5.53. The van der Waals surface area contributed by atoms with Gasteiger partial charge in [-0.1, -0.05) is 32.0 Å². The lowest BCUT2D eigenvalue weighted by atomic mass is 9.87. The fraction of sp³-hybridized carbons (Fsp3) is 0.538. The minimum atomic E-state index is -0.112. The Morgan fingerprint density at radius 2 is 2.00 bits per heavy atom. The summed E-state index contributed by atoms with van der Waals surface area (Å²) < 4.78 is 0. The van der Waals surface area contributed by atoms with Gasteiger partial charge in [0.1, 0.15) is 0 Å². The first-order valence-electron chi connectivity index (χ1n) is 5.53. The van der Waals surface area contributed by atoms with Gasteiger partial charge in [-0.2, -0.15) is 0 Å². The highest BCUT2D eigenvalue weighted by Crippen LogP contribution is 2.23. The second-order valence-corrected chi connectivity index (χ2v) is 3.61. The maximum atomic E-state index is 9.48. The van der Waals surface area contributed by atoms with Crippen LogP contribution < -0.4 is 0 Å². The molecule has 14 heavy (non-hydrogen) atoms. The molecule has 0 heterocycles. The summed E-state index contributed by atoms with van der Waals surface area (Å²) in [6, 6.07) is 6.40. The predicted molar refractivity (Wildman–Crippen MR) is 60.6 cm³/mol. The van der Waals surface area contributed by atoms with Crippen LogP contribution in [0.3, 0.4) is 0 Å². The number of aliphatic hydroxyl groups excluding tert-OH is 1. The van der Waals surface area contributed by atoms with Crippen molar-refractivity contribution in [1.29, 1.82) is 0 Å². The van der Waals surface area contributed by atoms with Crippen molar-refractivity contribution in [1.82, 2.24) is 0 Å². The van der Waals surface area contributed by atoms with E-state index in [4.69, 9.17) is 0 Å². The molecule has 0 saturated carbocycles. The standard InChI is InChI=1S/C11H14O.C2H6/c1-8-3-2-4-9-5-6-10(12)7-11(8)9;1-2/h2-4,10,12H,5-7H2,1H3;1-2H3. The van der Waals surface area contributed by atoms with Gasteiger partial charge in [0, 0.05) is 0 Å². The molecular formula is C13H20O. The number of benzene rings is 1. The molecule has 0 radical (unpaired) electrons. The van der Waals surface area contributed by atoms with Gasteiger partial charge in [-0.3, -0.25) is 0 Å². The van der Waals surface area contributed by atoms with Crippen LogP contribution in [0.1, 0.15) is 37.0 Å². The molecule has 0 aromatic heterocycles. The molecule has 1 atom stereocenters. The highest BCUT2D eigenvalue weighted by molar-refractivity contribution is 5.36. The number of hydrogen-bond donors (Lipinski definition) is 1. The Kier molecular flexibility index (Phi) is 4.15. The molecule has 0 bridgehead atoms. The van der Waals surface area contributed by atoms with E-state index in [9.17, 15) is 5.11 Å². The van der Waals surface area contributed by atoms with E-state index in [-0.39, 0.29) is 6.10 Å². The Morgan fingerprint density at radius 1 is 1.29 bits per heavy atom. The van der Waals surface area contributed by atoms with Crippen LogP contribution in [0.5, 0.6) is 0 Å². The highest BCUT2D eigenvalue weighted by atomic mass is 16.3. The molecule has 0 amide bonds. The van der Waals surface area contributed by atoms with Gasteiger partial charge in [0.2, 0.25) is 0 Å². The van der Waals surface area contributed by atoms with Gasteiger partial charge >= 0.3 is 0 Å². The van der Waals surface area contributed by atoms with Gasteiger partial charge < -0.3 is 5.11 Å². The Morgan fingerprint density at radius 3 is 2.71 bits per heavy atom. The molecule has 0 fully saturated rings. The second kappa shape index (κ2) is 5.16. The molecule has 1 aliphatic rings. The van der Waals surface area contributed by atoms with Crippen molar-refractivity contribution in [3.05, 3.63) is 34.9 Å². The zero-order valence-corrected chi connectivity index (χ0v) is 9.38. The fourth-order valence-corrected chi connectivity index (χ4v) is 1.95. The lowest BCUT2D eigenvalue weighted by Gasteiger charge is -2.21. The van der Waals surface area contributed by atoms with Crippen LogP contribution >= 0.6 is 0 Å². The maximum Gasteiger partial charge on any atom is 0.0583 e. The van der Waals surface area contributed by atoms with Crippen molar-refractivity contribution in [2.45, 2.75) is 46.1 Å². The third-order valence-corrected chi connectivity index (χ3v) is 2.69. The zero-order valence-electron chi connectivity index (χ0n) is 9.38. The molecule has 0 saturated heterocycles. The number of aryl methyl sites for hydroxylation is 2. The van der Waals surface area contributed by atoms with Gasteiger partial charge in [0.25, 0.3) is 0 Å². The van der Waals surface area contributed by atoms with Gasteiger partial charge in [-0.15, -0.1) is 0 Å². The molecule has 1 aromatic carbocycles. The van der Waals surface area contributed by atoms with E-state index < -0.39 is 0 Å². The van der Waals surface area contributed by atoms with Crippen molar-refractivity contribution < 1.29 is 5.11 Å². The first kappa shape index (κ1) is 11.3. The molecule has 2 rings (SSSR count). The summed E-state index contributed by atoms with van der Waals surface area (Å²) in [6.45, 7) is 6.12. The molecule has 1 aromatic rings. The summed E-state index contributed by atoms with van der Waals surface area (Å²) >= 11 is 0. The topological polar surface area (TPSA) is 20.2 Å². The Bertz CT molecular complexity index is 291. The SMILES string of the molecule is CC.Cc1cccc2c1CC(O)CC2. The van der Waals surface area contributed by atoms with E-state index >= 15 is 0 Å². The third-order valence-electron chi connectivity index (χ3n) is 2.69. The Hall–Kier alpha value is -0.820. The minimum absolute atomic E-state index is 0.112. The Balaban J connectivity index is 0.000000461. The van der Waals surface area contributed by atoms with Crippen LogP contribution in [-0.2, 0) is 12.8 Å². The summed E-state index contributed by atoms with van der Waals surface area (Å²) in [4.78, 5) is 0. The van der Waals surface area contributed by atoms with Crippen molar-refractivity contribution in [3.8, 4) is 0 Å². The number of fused-ring (bicyclic) bond motifs is 1. The van der Waals surface area contributed by atoms with Crippen LogP contribution in [0.25, 0.3) is 0 Å². The fourth-order valence-electron chi connectivity index (χ4n) is 1.95. The van der Waals surface area contributed by atoms with E-state index in [1.807, 2.05) is 13.8 Å². The van der Waals surface area contributed by atoms with E-state index in [1.165, 1.54) is 16.7 Å². The van der Waals surface area contributed by atoms with Gasteiger partial charge in [0.15, 0.2) is 0 Å². The monoisotopic (exact) mass is 192 g/mol. The summed E-state index contributed by atoms with van der Waals surface area (Å²) in [7, 11) is 0. The molecule has 0 spiro atoms. The molecule has 1 unspecified atom stereocenters. The van der Waals surface area contributed by atoms with Gasteiger partial charge in [-0.25, -0.2) is 0 Å². The largest absolute Gasteiger partial charge is 0.393 e. The van der Waals surface area contributed by atoms with Crippen LogP contribution in [0, 0.1) is 6.92 Å². The average molecular weight is 192 g/mol. The summed E-state index contributed by atoms with van der Waals surface area (Å²) in [5, 5.41) is 9.48. The zero-order chi connectivity index (χ0) is 10.6. The lowest BCUT2D eigenvalue weighted by Crippen LogP contribution is -2.19. The number of rotatable bonds is 0. The molecule has 1 aliphatic carbocycles. The van der Waals surface area contributed by atoms with Gasteiger partial charge in [-0.05, 0) is 42.9 Å². The molecule has 78 valence electrons. The lowest BCUT2D eigenvalue weighted by molar-refractivity contribution is 0.158. The van der Waals surface area contributed by atoms with Crippen molar-refractivity contribution in [2.75, 3.05) is 0 Å². The Labute approximate surface area is 86.8 Å². The molecule has 1 N–H and O–H groups in total. The maximum absolute atomic E-state index is 9.48. The van der Waals surface area contributed by atoms with Crippen LogP contribution in [0.2, 0.25) is 0 Å².